The predicted molar refractivity (Wildman–Crippen MR) is 81.5 cm³/mol. The molecule has 1 atom stereocenters. The maximum Gasteiger partial charge on any atom is 0.119 e. The van der Waals surface area contributed by atoms with Crippen LogP contribution in [-0.4, -0.2) is 19.7 Å². The van der Waals surface area contributed by atoms with Crippen LogP contribution in [0.1, 0.15) is 37.8 Å². The third-order valence-corrected chi connectivity index (χ3v) is 3.73. The molecule has 3 heteroatoms. The second-order valence-electron chi connectivity index (χ2n) is 5.14. The molecular weight excluding hydrogens is 236 g/mol. The van der Waals surface area contributed by atoms with Gasteiger partial charge >= 0.3 is 0 Å². The molecule has 1 fully saturated rings. The van der Waals surface area contributed by atoms with Crippen molar-refractivity contribution in [1.82, 2.24) is 5.32 Å². The Morgan fingerprint density at radius 3 is 2.95 bits per heavy atom. The lowest BCUT2D eigenvalue weighted by atomic mass is 9.97. The second-order valence-corrected chi connectivity index (χ2v) is 5.14. The van der Waals surface area contributed by atoms with Gasteiger partial charge in [0.25, 0.3) is 0 Å². The van der Waals surface area contributed by atoms with Crippen LogP contribution in [0.5, 0.6) is 5.75 Å². The van der Waals surface area contributed by atoms with Gasteiger partial charge in [0.1, 0.15) is 5.75 Å². The van der Waals surface area contributed by atoms with E-state index >= 15 is 0 Å². The van der Waals surface area contributed by atoms with Gasteiger partial charge in [-0.3, -0.25) is 0 Å². The van der Waals surface area contributed by atoms with Gasteiger partial charge in [-0.25, -0.2) is 0 Å². The first-order valence-electron chi connectivity index (χ1n) is 6.92. The summed E-state index contributed by atoms with van der Waals surface area (Å²) in [4.78, 5) is 0. The van der Waals surface area contributed by atoms with E-state index in [-0.39, 0.29) is 7.43 Å². The van der Waals surface area contributed by atoms with Crippen LogP contribution in [-0.2, 0) is 6.54 Å². The van der Waals surface area contributed by atoms with E-state index in [2.05, 4.69) is 24.4 Å². The molecule has 0 aromatic heterocycles. The van der Waals surface area contributed by atoms with Crippen LogP contribution in [0.3, 0.4) is 0 Å². The van der Waals surface area contributed by atoms with Crippen LogP contribution in [0.15, 0.2) is 18.2 Å². The molecule has 1 unspecified atom stereocenters. The number of nitrogens with two attached hydrogens (primary N) is 1. The third kappa shape index (κ3) is 4.84. The molecule has 1 aromatic carbocycles. The number of nitrogens with one attached hydrogen (secondary N) is 1. The average molecular weight is 264 g/mol. The van der Waals surface area contributed by atoms with Gasteiger partial charge in [-0.05, 0) is 68.5 Å². The normalized spacial score (nSPS) is 18.7. The van der Waals surface area contributed by atoms with Crippen molar-refractivity contribution in [2.24, 2.45) is 11.7 Å². The molecular formula is C16H28N2O. The topological polar surface area (TPSA) is 47.3 Å². The van der Waals surface area contributed by atoms with Crippen LogP contribution < -0.4 is 15.8 Å². The fourth-order valence-corrected chi connectivity index (χ4v) is 2.47. The highest BCUT2D eigenvalue weighted by Crippen LogP contribution is 2.19. The van der Waals surface area contributed by atoms with Gasteiger partial charge in [-0.15, -0.1) is 0 Å². The quantitative estimate of drug-likeness (QED) is 0.859. The number of rotatable bonds is 5. The molecule has 0 spiro atoms. The monoisotopic (exact) mass is 264 g/mol. The van der Waals surface area contributed by atoms with E-state index in [4.69, 9.17) is 10.5 Å². The Morgan fingerprint density at radius 2 is 2.26 bits per heavy atom. The summed E-state index contributed by atoms with van der Waals surface area (Å²) in [5.74, 6) is 1.72. The fraction of sp³-hybridized carbons (Fsp3) is 0.625. The fourth-order valence-electron chi connectivity index (χ4n) is 2.47. The summed E-state index contributed by atoms with van der Waals surface area (Å²) in [6, 6.07) is 6.18. The summed E-state index contributed by atoms with van der Waals surface area (Å²) in [6.07, 6.45) is 3.77. The number of benzene rings is 1. The standard InChI is InChI=1S/C15H24N2O.CH4/c1-12-4-5-15(9-14(12)10-16)18-8-6-13-3-2-7-17-11-13;/h4-5,9,13,17H,2-3,6-8,10-11,16H2,1H3;1H4. The van der Waals surface area contributed by atoms with Crippen molar-refractivity contribution >= 4 is 0 Å². The number of hydrogen-bond acceptors (Lipinski definition) is 3. The van der Waals surface area contributed by atoms with E-state index < -0.39 is 0 Å². The predicted octanol–water partition coefficient (Wildman–Crippen LogP) is 2.86. The molecule has 3 nitrogen and oxygen atoms in total. The molecule has 0 aliphatic carbocycles. The molecule has 1 heterocycles. The highest BCUT2D eigenvalue weighted by Gasteiger charge is 2.12. The van der Waals surface area contributed by atoms with Gasteiger partial charge in [-0.2, -0.15) is 0 Å². The number of aryl methyl sites for hydroxylation is 1. The maximum absolute atomic E-state index is 5.82. The lowest BCUT2D eigenvalue weighted by molar-refractivity contribution is 0.254. The third-order valence-electron chi connectivity index (χ3n) is 3.73. The molecule has 1 aromatic rings. The van der Waals surface area contributed by atoms with Crippen molar-refractivity contribution in [1.29, 1.82) is 0 Å². The molecule has 0 amide bonds. The van der Waals surface area contributed by atoms with Crippen molar-refractivity contribution in [3.63, 3.8) is 0 Å². The largest absolute Gasteiger partial charge is 0.494 e. The molecule has 3 N–H and O–H groups in total. The zero-order valence-corrected chi connectivity index (χ0v) is 11.2. The summed E-state index contributed by atoms with van der Waals surface area (Å²) in [6.45, 7) is 5.79. The Balaban J connectivity index is 0.00000180. The van der Waals surface area contributed by atoms with Crippen molar-refractivity contribution in [3.8, 4) is 5.75 Å². The van der Waals surface area contributed by atoms with Gasteiger partial charge in [0.05, 0.1) is 6.61 Å². The summed E-state index contributed by atoms with van der Waals surface area (Å²) in [5, 5.41) is 3.44. The SMILES string of the molecule is C.Cc1ccc(OCCC2CCCNC2)cc1CN. The Morgan fingerprint density at radius 1 is 1.42 bits per heavy atom. The van der Waals surface area contributed by atoms with Gasteiger partial charge < -0.3 is 15.8 Å². The zero-order valence-electron chi connectivity index (χ0n) is 11.2. The summed E-state index contributed by atoms with van der Waals surface area (Å²) >= 11 is 0. The minimum atomic E-state index is 0. The summed E-state index contributed by atoms with van der Waals surface area (Å²) < 4.78 is 5.82. The number of piperidine rings is 1. The van der Waals surface area contributed by atoms with E-state index in [0.29, 0.717) is 6.54 Å². The Hall–Kier alpha value is -1.06. The van der Waals surface area contributed by atoms with Crippen molar-refractivity contribution in [2.45, 2.75) is 40.2 Å². The molecule has 2 rings (SSSR count). The first-order valence-corrected chi connectivity index (χ1v) is 6.92. The lowest BCUT2D eigenvalue weighted by Crippen LogP contribution is -2.30. The van der Waals surface area contributed by atoms with Crippen molar-refractivity contribution in [2.75, 3.05) is 19.7 Å². The summed E-state index contributed by atoms with van der Waals surface area (Å²) in [7, 11) is 0. The first kappa shape index (κ1) is 16.0. The van der Waals surface area contributed by atoms with Crippen LogP contribution in [0.4, 0.5) is 0 Å². The first-order chi connectivity index (χ1) is 8.79. The van der Waals surface area contributed by atoms with Gasteiger partial charge in [-0.1, -0.05) is 13.5 Å². The van der Waals surface area contributed by atoms with E-state index in [1.54, 1.807) is 0 Å². The van der Waals surface area contributed by atoms with Crippen LogP contribution in [0.25, 0.3) is 0 Å². The van der Waals surface area contributed by atoms with Gasteiger partial charge in [0.15, 0.2) is 0 Å². The highest BCUT2D eigenvalue weighted by molar-refractivity contribution is 5.34. The Labute approximate surface area is 117 Å². The summed E-state index contributed by atoms with van der Waals surface area (Å²) in [5.41, 5.74) is 8.11. The second kappa shape index (κ2) is 8.18. The van der Waals surface area contributed by atoms with E-state index in [9.17, 15) is 0 Å². The molecule has 1 aliphatic rings. The van der Waals surface area contributed by atoms with E-state index in [1.165, 1.54) is 30.5 Å². The minimum absolute atomic E-state index is 0. The molecule has 108 valence electrons. The van der Waals surface area contributed by atoms with Crippen molar-refractivity contribution in [3.05, 3.63) is 29.3 Å². The minimum Gasteiger partial charge on any atom is -0.494 e. The van der Waals surface area contributed by atoms with Crippen molar-refractivity contribution < 1.29 is 4.74 Å². The zero-order chi connectivity index (χ0) is 12.8. The van der Waals surface area contributed by atoms with Crippen LogP contribution in [0.2, 0.25) is 0 Å². The maximum atomic E-state index is 5.82. The number of hydrogen-bond donors (Lipinski definition) is 2. The Bertz CT molecular complexity index is 373. The lowest BCUT2D eigenvalue weighted by Gasteiger charge is -2.22. The molecule has 0 radical (unpaired) electrons. The van der Waals surface area contributed by atoms with Gasteiger partial charge in [0, 0.05) is 6.54 Å². The molecule has 0 bridgehead atoms. The molecule has 0 saturated carbocycles. The van der Waals surface area contributed by atoms with E-state index in [0.717, 1.165) is 31.2 Å². The molecule has 1 aliphatic heterocycles. The average Bonchev–Trinajstić information content (AvgIpc) is 2.42. The van der Waals surface area contributed by atoms with Gasteiger partial charge in [0.2, 0.25) is 0 Å². The Kier molecular flexibility index (Phi) is 6.89. The molecule has 19 heavy (non-hydrogen) atoms. The highest BCUT2D eigenvalue weighted by atomic mass is 16.5. The van der Waals surface area contributed by atoms with Crippen LogP contribution in [0, 0.1) is 12.8 Å². The van der Waals surface area contributed by atoms with Crippen LogP contribution >= 0.6 is 0 Å². The molecule has 1 saturated heterocycles. The smallest absolute Gasteiger partial charge is 0.119 e. The van der Waals surface area contributed by atoms with E-state index in [1.807, 2.05) is 6.07 Å². The number of ether oxygens (including phenoxy) is 1.